The minimum Gasteiger partial charge on any atom is -0.442 e. The zero-order valence-electron chi connectivity index (χ0n) is 11.2. The van der Waals surface area contributed by atoms with Crippen LogP contribution in [0.25, 0.3) is 0 Å². The lowest BCUT2D eigenvalue weighted by Crippen LogP contribution is -2.05. The maximum Gasteiger partial charge on any atom is 0.211 e. The molecule has 17 heavy (non-hydrogen) atoms. The van der Waals surface area contributed by atoms with E-state index < -0.39 is 0 Å². The standard InChI is InChI=1S/C14H20N2O/c1-10(2)12(4)15-16-13(5)17-14-8-6-11(3)7-9-14/h6-10H,1-5H3/b15-12+,16-13+. The van der Waals surface area contributed by atoms with Gasteiger partial charge in [-0.15, -0.1) is 5.10 Å². The van der Waals surface area contributed by atoms with Crippen molar-refractivity contribution in [1.29, 1.82) is 0 Å². The molecule has 0 radical (unpaired) electrons. The third-order valence-corrected chi connectivity index (χ3v) is 2.47. The number of hydrogen-bond donors (Lipinski definition) is 0. The second-order valence-corrected chi connectivity index (χ2v) is 4.43. The van der Waals surface area contributed by atoms with Crippen LogP contribution in [0.1, 0.15) is 33.3 Å². The molecule has 0 unspecified atom stereocenters. The summed E-state index contributed by atoms with van der Waals surface area (Å²) in [5.41, 5.74) is 2.21. The topological polar surface area (TPSA) is 34.0 Å². The molecule has 0 aliphatic heterocycles. The van der Waals surface area contributed by atoms with Crippen molar-refractivity contribution in [3.63, 3.8) is 0 Å². The number of nitrogens with zero attached hydrogens (tertiary/aromatic N) is 2. The molecule has 1 aromatic rings. The maximum atomic E-state index is 5.54. The van der Waals surface area contributed by atoms with Crippen LogP contribution in [0.3, 0.4) is 0 Å². The molecule has 1 rings (SSSR count). The van der Waals surface area contributed by atoms with Gasteiger partial charge in [-0.05, 0) is 31.9 Å². The van der Waals surface area contributed by atoms with Crippen LogP contribution in [0.5, 0.6) is 5.75 Å². The zero-order chi connectivity index (χ0) is 12.8. The molecule has 0 heterocycles. The zero-order valence-corrected chi connectivity index (χ0v) is 11.2. The Kier molecular flexibility index (Phi) is 4.88. The second kappa shape index (κ2) is 6.18. The summed E-state index contributed by atoms with van der Waals surface area (Å²) < 4.78 is 5.54. The number of rotatable bonds is 3. The first-order chi connectivity index (χ1) is 7.99. The summed E-state index contributed by atoms with van der Waals surface area (Å²) >= 11 is 0. The van der Waals surface area contributed by atoms with Crippen molar-refractivity contribution in [3.05, 3.63) is 29.8 Å². The van der Waals surface area contributed by atoms with E-state index >= 15 is 0 Å². The second-order valence-electron chi connectivity index (χ2n) is 4.43. The monoisotopic (exact) mass is 232 g/mol. The van der Waals surface area contributed by atoms with Crippen molar-refractivity contribution in [1.82, 2.24) is 0 Å². The van der Waals surface area contributed by atoms with Crippen LogP contribution in [0, 0.1) is 12.8 Å². The largest absolute Gasteiger partial charge is 0.442 e. The van der Waals surface area contributed by atoms with Gasteiger partial charge in [0.1, 0.15) is 5.75 Å². The molecular formula is C14H20N2O. The highest BCUT2D eigenvalue weighted by atomic mass is 16.5. The van der Waals surface area contributed by atoms with Gasteiger partial charge in [0.2, 0.25) is 5.90 Å². The predicted molar refractivity (Wildman–Crippen MR) is 72.9 cm³/mol. The molecule has 3 heteroatoms. The summed E-state index contributed by atoms with van der Waals surface area (Å²) in [6.07, 6.45) is 0. The van der Waals surface area contributed by atoms with E-state index in [-0.39, 0.29) is 0 Å². The molecular weight excluding hydrogens is 212 g/mol. The molecule has 0 saturated carbocycles. The fourth-order valence-electron chi connectivity index (χ4n) is 1.06. The van der Waals surface area contributed by atoms with E-state index in [1.807, 2.05) is 38.1 Å². The van der Waals surface area contributed by atoms with E-state index in [9.17, 15) is 0 Å². The molecule has 0 atom stereocenters. The van der Waals surface area contributed by atoms with Gasteiger partial charge in [-0.25, -0.2) is 0 Å². The van der Waals surface area contributed by atoms with E-state index in [0.717, 1.165) is 11.5 Å². The Morgan fingerprint density at radius 1 is 1.06 bits per heavy atom. The first-order valence-electron chi connectivity index (χ1n) is 5.82. The van der Waals surface area contributed by atoms with Gasteiger partial charge in [0, 0.05) is 12.6 Å². The van der Waals surface area contributed by atoms with Crippen LogP contribution in [-0.2, 0) is 0 Å². The Morgan fingerprint density at radius 3 is 2.18 bits per heavy atom. The summed E-state index contributed by atoms with van der Waals surface area (Å²) in [5.74, 6) is 1.74. The first-order valence-corrected chi connectivity index (χ1v) is 5.82. The maximum absolute atomic E-state index is 5.54. The molecule has 0 aliphatic carbocycles. The van der Waals surface area contributed by atoms with E-state index in [4.69, 9.17) is 4.74 Å². The molecule has 0 bridgehead atoms. The summed E-state index contributed by atoms with van der Waals surface area (Å²) in [7, 11) is 0. The Balaban J connectivity index is 2.66. The molecule has 0 fully saturated rings. The molecule has 92 valence electrons. The minimum absolute atomic E-state index is 0.408. The summed E-state index contributed by atoms with van der Waals surface area (Å²) in [6, 6.07) is 7.86. The lowest BCUT2D eigenvalue weighted by atomic mass is 10.1. The highest BCUT2D eigenvalue weighted by Crippen LogP contribution is 2.11. The fourth-order valence-corrected chi connectivity index (χ4v) is 1.06. The van der Waals surface area contributed by atoms with Gasteiger partial charge in [-0.2, -0.15) is 5.10 Å². The van der Waals surface area contributed by atoms with E-state index in [0.29, 0.717) is 11.8 Å². The van der Waals surface area contributed by atoms with Crippen LogP contribution in [-0.4, -0.2) is 11.6 Å². The minimum atomic E-state index is 0.408. The van der Waals surface area contributed by atoms with Gasteiger partial charge in [-0.3, -0.25) is 0 Å². The fraction of sp³-hybridized carbons (Fsp3) is 0.429. The quantitative estimate of drug-likeness (QED) is 0.443. The Labute approximate surface area is 103 Å². The van der Waals surface area contributed by atoms with Crippen LogP contribution >= 0.6 is 0 Å². The third kappa shape index (κ3) is 4.81. The highest BCUT2D eigenvalue weighted by Gasteiger charge is 1.98. The molecule has 0 spiro atoms. The number of benzene rings is 1. The van der Waals surface area contributed by atoms with Gasteiger partial charge in [0.15, 0.2) is 0 Å². The molecule has 1 aromatic carbocycles. The van der Waals surface area contributed by atoms with Crippen molar-refractivity contribution >= 4 is 11.6 Å². The normalized spacial score (nSPS) is 13.1. The number of ether oxygens (including phenoxy) is 1. The van der Waals surface area contributed by atoms with Gasteiger partial charge < -0.3 is 4.74 Å². The van der Waals surface area contributed by atoms with Crippen molar-refractivity contribution in [2.24, 2.45) is 16.1 Å². The lowest BCUT2D eigenvalue weighted by molar-refractivity contribution is 0.543. The first kappa shape index (κ1) is 13.4. The SMILES string of the molecule is C/C(=N\N=C(/C)C(C)C)Oc1ccc(C)cc1. The van der Waals surface area contributed by atoms with E-state index in [1.165, 1.54) is 5.56 Å². The van der Waals surface area contributed by atoms with Gasteiger partial charge in [0.05, 0.1) is 0 Å². The summed E-state index contributed by atoms with van der Waals surface area (Å²) in [5, 5.41) is 8.16. The van der Waals surface area contributed by atoms with Crippen molar-refractivity contribution < 1.29 is 4.74 Å². The van der Waals surface area contributed by atoms with E-state index in [1.54, 1.807) is 6.92 Å². The van der Waals surface area contributed by atoms with Crippen molar-refractivity contribution in [2.75, 3.05) is 0 Å². The average Bonchev–Trinajstić information content (AvgIpc) is 2.29. The molecule has 0 N–H and O–H groups in total. The third-order valence-electron chi connectivity index (χ3n) is 2.47. The van der Waals surface area contributed by atoms with Gasteiger partial charge in [0.25, 0.3) is 0 Å². The van der Waals surface area contributed by atoms with Crippen LogP contribution in [0.15, 0.2) is 34.5 Å². The number of hydrogen-bond acceptors (Lipinski definition) is 3. The average molecular weight is 232 g/mol. The molecule has 0 saturated heterocycles. The summed E-state index contributed by atoms with van der Waals surface area (Å²) in [4.78, 5) is 0. The lowest BCUT2D eigenvalue weighted by Gasteiger charge is -2.04. The smallest absolute Gasteiger partial charge is 0.211 e. The van der Waals surface area contributed by atoms with Crippen LogP contribution in [0.4, 0.5) is 0 Å². The Bertz CT molecular complexity index is 416. The predicted octanol–water partition coefficient (Wildman–Crippen LogP) is 3.82. The molecule has 0 aliphatic rings. The van der Waals surface area contributed by atoms with Crippen molar-refractivity contribution in [3.8, 4) is 5.75 Å². The summed E-state index contributed by atoms with van der Waals surface area (Å²) in [6.45, 7) is 9.99. The molecule has 0 aromatic heterocycles. The Morgan fingerprint density at radius 2 is 1.65 bits per heavy atom. The molecule has 3 nitrogen and oxygen atoms in total. The molecule has 0 amide bonds. The van der Waals surface area contributed by atoms with Gasteiger partial charge in [-0.1, -0.05) is 31.5 Å². The van der Waals surface area contributed by atoms with Crippen LogP contribution in [0.2, 0.25) is 0 Å². The Hall–Kier alpha value is -1.64. The van der Waals surface area contributed by atoms with Crippen molar-refractivity contribution in [2.45, 2.75) is 34.6 Å². The highest BCUT2D eigenvalue weighted by molar-refractivity contribution is 5.84. The van der Waals surface area contributed by atoms with Gasteiger partial charge >= 0.3 is 0 Å². The van der Waals surface area contributed by atoms with E-state index in [2.05, 4.69) is 24.1 Å². The number of aryl methyl sites for hydroxylation is 1. The van der Waals surface area contributed by atoms with Crippen LogP contribution < -0.4 is 4.74 Å².